The quantitative estimate of drug-likeness (QED) is 0.794. The Kier molecular flexibility index (Phi) is 5.78. The molecule has 0 aliphatic carbocycles. The zero-order valence-corrected chi connectivity index (χ0v) is 17.5. The summed E-state index contributed by atoms with van der Waals surface area (Å²) in [4.78, 5) is 18.8. The van der Waals surface area contributed by atoms with E-state index in [1.807, 2.05) is 45.6 Å². The highest BCUT2D eigenvalue weighted by molar-refractivity contribution is 5.91. The molecule has 1 atom stereocenters. The van der Waals surface area contributed by atoms with Crippen LogP contribution < -0.4 is 15.0 Å². The van der Waals surface area contributed by atoms with E-state index in [2.05, 4.69) is 10.3 Å². The lowest BCUT2D eigenvalue weighted by Gasteiger charge is -2.35. The Labute approximate surface area is 170 Å². The summed E-state index contributed by atoms with van der Waals surface area (Å²) in [5.41, 5.74) is 1.93. The van der Waals surface area contributed by atoms with Crippen molar-refractivity contribution >= 4 is 17.4 Å². The zero-order chi connectivity index (χ0) is 21.3. The van der Waals surface area contributed by atoms with Crippen LogP contribution in [0.4, 0.5) is 20.3 Å². The van der Waals surface area contributed by atoms with E-state index in [4.69, 9.17) is 4.74 Å². The second kappa shape index (κ2) is 7.97. The number of rotatable bonds is 4. The summed E-state index contributed by atoms with van der Waals surface area (Å²) in [6.45, 7) is 10.6. The van der Waals surface area contributed by atoms with Crippen LogP contribution in [0.25, 0.3) is 0 Å². The molecule has 0 spiro atoms. The fraction of sp³-hybridized carbons (Fsp3) is 0.455. The number of nitrogens with zero attached hydrogens (tertiary/aromatic N) is 2. The van der Waals surface area contributed by atoms with Crippen LogP contribution in [0.2, 0.25) is 0 Å². The second-order valence-corrected chi connectivity index (χ2v) is 8.85. The Morgan fingerprint density at radius 3 is 2.52 bits per heavy atom. The van der Waals surface area contributed by atoms with E-state index in [-0.39, 0.29) is 17.4 Å². The summed E-state index contributed by atoms with van der Waals surface area (Å²) in [5, 5.41) is 2.86. The summed E-state index contributed by atoms with van der Waals surface area (Å²) in [7, 11) is 0. The van der Waals surface area contributed by atoms with Crippen LogP contribution in [0.5, 0.6) is 5.88 Å². The number of hydrogen-bond donors (Lipinski definition) is 1. The van der Waals surface area contributed by atoms with Crippen molar-refractivity contribution < 1.29 is 18.3 Å². The monoisotopic (exact) mass is 403 g/mol. The molecular formula is C22H27F2N3O2. The normalized spacial score (nSPS) is 16.2. The average Bonchev–Trinajstić information content (AvgIpc) is 2.53. The summed E-state index contributed by atoms with van der Waals surface area (Å²) in [6.07, 6.45) is 0.217. The number of carbonyl (C=O) groups excluding carboxylic acids is 1. The first-order valence-electron chi connectivity index (χ1n) is 9.68. The lowest BCUT2D eigenvalue weighted by atomic mass is 9.92. The van der Waals surface area contributed by atoms with E-state index in [0.717, 1.165) is 17.3 Å². The van der Waals surface area contributed by atoms with Gasteiger partial charge in [0, 0.05) is 19.0 Å². The Balaban J connectivity index is 1.87. The van der Waals surface area contributed by atoms with Gasteiger partial charge < -0.3 is 15.0 Å². The van der Waals surface area contributed by atoms with Crippen LogP contribution in [-0.4, -0.2) is 23.5 Å². The standard InChI is InChI=1S/C22H27F2N3O2/c1-13-6-18-21(26-20(13)25-19(28)10-22(3,4)5)29-14(2)11-27(18)12-15-7-16(23)9-17(24)8-15/h6-9,14H,10-12H2,1-5H3,(H,25,26,28). The number of carbonyl (C=O) groups is 1. The van der Waals surface area contributed by atoms with Crippen LogP contribution in [0.3, 0.4) is 0 Å². The van der Waals surface area contributed by atoms with Gasteiger partial charge in [-0.2, -0.15) is 4.98 Å². The summed E-state index contributed by atoms with van der Waals surface area (Å²) in [6, 6.07) is 5.39. The molecule has 1 N–H and O–H groups in total. The number of amides is 1. The Morgan fingerprint density at radius 1 is 1.24 bits per heavy atom. The van der Waals surface area contributed by atoms with E-state index < -0.39 is 11.6 Å². The highest BCUT2D eigenvalue weighted by atomic mass is 19.1. The van der Waals surface area contributed by atoms with E-state index in [9.17, 15) is 13.6 Å². The first-order chi connectivity index (χ1) is 13.5. The number of benzene rings is 1. The van der Waals surface area contributed by atoms with Crippen LogP contribution in [-0.2, 0) is 11.3 Å². The van der Waals surface area contributed by atoms with Crippen molar-refractivity contribution in [1.82, 2.24) is 4.98 Å². The van der Waals surface area contributed by atoms with Gasteiger partial charge in [0.25, 0.3) is 0 Å². The molecule has 7 heteroatoms. The minimum absolute atomic E-state index is 0.107. The van der Waals surface area contributed by atoms with Gasteiger partial charge in [0.15, 0.2) is 0 Å². The number of aryl methyl sites for hydroxylation is 1. The molecule has 1 aromatic heterocycles. The maximum absolute atomic E-state index is 13.6. The van der Waals surface area contributed by atoms with E-state index in [0.29, 0.717) is 36.8 Å². The van der Waals surface area contributed by atoms with Gasteiger partial charge in [-0.15, -0.1) is 0 Å². The molecule has 0 saturated carbocycles. The molecule has 2 aromatic rings. The van der Waals surface area contributed by atoms with Gasteiger partial charge in [0.1, 0.15) is 29.2 Å². The maximum atomic E-state index is 13.6. The highest BCUT2D eigenvalue weighted by Gasteiger charge is 2.27. The predicted octanol–water partition coefficient (Wildman–Crippen LogP) is 4.83. The summed E-state index contributed by atoms with van der Waals surface area (Å²) >= 11 is 0. The topological polar surface area (TPSA) is 54.5 Å². The van der Waals surface area contributed by atoms with Crippen molar-refractivity contribution in [3.8, 4) is 5.88 Å². The molecule has 1 amide bonds. The third-order valence-electron chi connectivity index (χ3n) is 4.53. The van der Waals surface area contributed by atoms with Crippen molar-refractivity contribution in [3.63, 3.8) is 0 Å². The molecule has 156 valence electrons. The number of pyridine rings is 1. The van der Waals surface area contributed by atoms with Crippen LogP contribution in [0.1, 0.15) is 45.2 Å². The fourth-order valence-corrected chi connectivity index (χ4v) is 3.39. The summed E-state index contributed by atoms with van der Waals surface area (Å²) < 4.78 is 33.0. The van der Waals surface area contributed by atoms with Crippen molar-refractivity contribution in [2.24, 2.45) is 5.41 Å². The molecule has 0 radical (unpaired) electrons. The molecule has 0 fully saturated rings. The van der Waals surface area contributed by atoms with Crippen LogP contribution in [0, 0.1) is 24.0 Å². The van der Waals surface area contributed by atoms with Crippen LogP contribution >= 0.6 is 0 Å². The molecule has 1 unspecified atom stereocenters. The fourth-order valence-electron chi connectivity index (χ4n) is 3.39. The number of halogens is 2. The lowest BCUT2D eigenvalue weighted by molar-refractivity contribution is -0.117. The predicted molar refractivity (Wildman–Crippen MR) is 109 cm³/mol. The third kappa shape index (κ3) is 5.43. The molecule has 29 heavy (non-hydrogen) atoms. The smallest absolute Gasteiger partial charge is 0.239 e. The first-order valence-corrected chi connectivity index (χ1v) is 9.68. The molecule has 1 aromatic carbocycles. The van der Waals surface area contributed by atoms with Gasteiger partial charge in [-0.3, -0.25) is 4.79 Å². The minimum atomic E-state index is -0.604. The number of fused-ring (bicyclic) bond motifs is 1. The van der Waals surface area contributed by atoms with Gasteiger partial charge in [0.2, 0.25) is 11.8 Å². The Hall–Kier alpha value is -2.70. The van der Waals surface area contributed by atoms with Gasteiger partial charge >= 0.3 is 0 Å². The third-order valence-corrected chi connectivity index (χ3v) is 4.53. The van der Waals surface area contributed by atoms with Crippen LogP contribution in [0.15, 0.2) is 24.3 Å². The highest BCUT2D eigenvalue weighted by Crippen LogP contribution is 2.36. The van der Waals surface area contributed by atoms with Gasteiger partial charge in [-0.1, -0.05) is 20.8 Å². The van der Waals surface area contributed by atoms with E-state index in [1.165, 1.54) is 12.1 Å². The largest absolute Gasteiger partial charge is 0.471 e. The molecule has 3 rings (SSSR count). The van der Waals surface area contributed by atoms with Crippen molar-refractivity contribution in [2.75, 3.05) is 16.8 Å². The molecule has 5 nitrogen and oxygen atoms in total. The van der Waals surface area contributed by atoms with E-state index in [1.54, 1.807) is 0 Å². The van der Waals surface area contributed by atoms with Gasteiger partial charge in [-0.05, 0) is 48.6 Å². The lowest BCUT2D eigenvalue weighted by Crippen LogP contribution is -2.38. The second-order valence-electron chi connectivity index (χ2n) is 8.85. The number of hydrogen-bond acceptors (Lipinski definition) is 4. The Bertz CT molecular complexity index is 905. The Morgan fingerprint density at radius 2 is 1.90 bits per heavy atom. The zero-order valence-electron chi connectivity index (χ0n) is 17.5. The van der Waals surface area contributed by atoms with Gasteiger partial charge in [0.05, 0.1) is 6.54 Å². The summed E-state index contributed by atoms with van der Waals surface area (Å²) in [5.74, 6) is -0.453. The maximum Gasteiger partial charge on any atom is 0.239 e. The number of nitrogens with one attached hydrogen (secondary N) is 1. The van der Waals surface area contributed by atoms with E-state index >= 15 is 0 Å². The first kappa shape index (κ1) is 21.0. The average molecular weight is 403 g/mol. The number of anilines is 2. The molecule has 2 heterocycles. The number of ether oxygens (including phenoxy) is 1. The molecular weight excluding hydrogens is 376 g/mol. The molecule has 0 bridgehead atoms. The number of aromatic nitrogens is 1. The van der Waals surface area contributed by atoms with Gasteiger partial charge in [-0.25, -0.2) is 8.78 Å². The van der Waals surface area contributed by atoms with Crippen molar-refractivity contribution in [1.29, 1.82) is 0 Å². The SMILES string of the molecule is Cc1cc2c(nc1NC(=O)CC(C)(C)C)OC(C)CN2Cc1cc(F)cc(F)c1. The van der Waals surface area contributed by atoms with Crippen molar-refractivity contribution in [2.45, 2.75) is 53.7 Å². The molecule has 0 saturated heterocycles. The molecule has 1 aliphatic rings. The molecule has 1 aliphatic heterocycles. The van der Waals surface area contributed by atoms with Crippen molar-refractivity contribution in [3.05, 3.63) is 47.0 Å². The minimum Gasteiger partial charge on any atom is -0.471 e.